The molecular formula is C21H22NP. The maximum atomic E-state index is 4.94. The van der Waals surface area contributed by atoms with E-state index in [1.165, 1.54) is 22.3 Å². The van der Waals surface area contributed by atoms with Gasteiger partial charge in [0.25, 0.3) is 0 Å². The van der Waals surface area contributed by atoms with Crippen LogP contribution in [0.1, 0.15) is 25.1 Å². The first-order valence-corrected chi connectivity index (χ1v) is 8.46. The predicted molar refractivity (Wildman–Crippen MR) is 103 cm³/mol. The Morgan fingerprint density at radius 3 is 2.22 bits per heavy atom. The molecule has 0 amide bonds. The third kappa shape index (κ3) is 3.35. The SMILES string of the molecule is Cc1cccc(-c2ccccc2)c1-c1cccc(C(C)(C)P)n1. The van der Waals surface area contributed by atoms with Gasteiger partial charge in [-0.2, -0.15) is 0 Å². The van der Waals surface area contributed by atoms with E-state index < -0.39 is 0 Å². The molecule has 0 aliphatic carbocycles. The van der Waals surface area contributed by atoms with Gasteiger partial charge in [0.2, 0.25) is 0 Å². The third-order valence-electron chi connectivity index (χ3n) is 4.02. The average molecular weight is 319 g/mol. The number of hydrogen-bond acceptors (Lipinski definition) is 1. The molecule has 1 aromatic heterocycles. The monoisotopic (exact) mass is 319 g/mol. The number of pyridine rings is 1. The third-order valence-corrected chi connectivity index (χ3v) is 4.32. The Hall–Kier alpha value is -1.98. The molecular weight excluding hydrogens is 297 g/mol. The Bertz CT molecular complexity index is 817. The molecule has 0 radical (unpaired) electrons. The molecule has 0 aliphatic rings. The van der Waals surface area contributed by atoms with Gasteiger partial charge in [-0.05, 0) is 35.7 Å². The predicted octanol–water partition coefficient (Wildman–Crippen LogP) is 5.83. The summed E-state index contributed by atoms with van der Waals surface area (Å²) in [5, 5.41) is -0.0361. The first-order chi connectivity index (χ1) is 11.0. The minimum Gasteiger partial charge on any atom is -0.252 e. The number of aryl methyl sites for hydroxylation is 1. The van der Waals surface area contributed by atoms with Gasteiger partial charge in [0.15, 0.2) is 0 Å². The summed E-state index contributed by atoms with van der Waals surface area (Å²) < 4.78 is 0. The highest BCUT2D eigenvalue weighted by Gasteiger charge is 2.18. The van der Waals surface area contributed by atoms with Crippen molar-refractivity contribution in [2.24, 2.45) is 0 Å². The van der Waals surface area contributed by atoms with Crippen LogP contribution in [-0.4, -0.2) is 4.98 Å². The number of benzene rings is 2. The van der Waals surface area contributed by atoms with E-state index >= 15 is 0 Å². The zero-order chi connectivity index (χ0) is 16.4. The molecule has 0 saturated carbocycles. The minimum absolute atomic E-state index is 0.0361. The van der Waals surface area contributed by atoms with Crippen LogP contribution in [0.3, 0.4) is 0 Å². The van der Waals surface area contributed by atoms with Crippen molar-refractivity contribution >= 4 is 9.24 Å². The molecule has 0 bridgehead atoms. The van der Waals surface area contributed by atoms with Crippen LogP contribution in [0.5, 0.6) is 0 Å². The van der Waals surface area contributed by atoms with Gasteiger partial charge < -0.3 is 0 Å². The van der Waals surface area contributed by atoms with E-state index in [-0.39, 0.29) is 5.16 Å². The van der Waals surface area contributed by atoms with Gasteiger partial charge >= 0.3 is 0 Å². The summed E-state index contributed by atoms with van der Waals surface area (Å²) in [7, 11) is 2.87. The second-order valence-corrected chi connectivity index (χ2v) is 7.94. The average Bonchev–Trinajstić information content (AvgIpc) is 2.55. The van der Waals surface area contributed by atoms with Crippen LogP contribution in [-0.2, 0) is 5.16 Å². The number of nitrogens with zero attached hydrogens (tertiary/aromatic N) is 1. The van der Waals surface area contributed by atoms with Gasteiger partial charge in [-0.15, -0.1) is 9.24 Å². The molecule has 3 aromatic rings. The van der Waals surface area contributed by atoms with E-state index in [0.29, 0.717) is 0 Å². The standard InChI is InChI=1S/C21H22NP/c1-15-9-7-12-17(16-10-5-4-6-11-16)20(15)18-13-8-14-19(22-18)21(2,3)23/h4-14H,23H2,1-3H3. The molecule has 1 nitrogen and oxygen atoms in total. The zero-order valence-corrected chi connectivity index (χ0v) is 15.0. The first kappa shape index (κ1) is 15.9. The van der Waals surface area contributed by atoms with Gasteiger partial charge in [0.05, 0.1) is 11.4 Å². The summed E-state index contributed by atoms with van der Waals surface area (Å²) in [6.45, 7) is 6.49. The molecule has 0 saturated heterocycles. The summed E-state index contributed by atoms with van der Waals surface area (Å²) in [6, 6.07) is 23.3. The van der Waals surface area contributed by atoms with Gasteiger partial charge in [-0.3, -0.25) is 4.98 Å². The fourth-order valence-corrected chi connectivity index (χ4v) is 2.96. The van der Waals surface area contributed by atoms with Crippen LogP contribution in [0.4, 0.5) is 0 Å². The number of rotatable bonds is 3. The lowest BCUT2D eigenvalue weighted by atomic mass is 9.93. The van der Waals surface area contributed by atoms with Crippen molar-refractivity contribution in [1.82, 2.24) is 4.98 Å². The maximum Gasteiger partial charge on any atom is 0.0714 e. The van der Waals surface area contributed by atoms with Crippen LogP contribution >= 0.6 is 9.24 Å². The number of hydrogen-bond donors (Lipinski definition) is 0. The lowest BCUT2D eigenvalue weighted by molar-refractivity contribution is 0.749. The van der Waals surface area contributed by atoms with Gasteiger partial charge in [-0.1, -0.05) is 68.4 Å². The highest BCUT2D eigenvalue weighted by molar-refractivity contribution is 7.18. The molecule has 0 aliphatic heterocycles. The molecule has 1 unspecified atom stereocenters. The van der Waals surface area contributed by atoms with Crippen molar-refractivity contribution in [1.29, 1.82) is 0 Å². The summed E-state index contributed by atoms with van der Waals surface area (Å²) in [6.07, 6.45) is 0. The molecule has 0 spiro atoms. The van der Waals surface area contributed by atoms with E-state index in [4.69, 9.17) is 4.98 Å². The van der Waals surface area contributed by atoms with E-state index in [9.17, 15) is 0 Å². The molecule has 3 rings (SSSR count). The summed E-state index contributed by atoms with van der Waals surface area (Å²) in [5.74, 6) is 0. The van der Waals surface area contributed by atoms with Crippen LogP contribution in [0, 0.1) is 6.92 Å². The minimum atomic E-state index is -0.0361. The molecule has 0 N–H and O–H groups in total. The summed E-state index contributed by atoms with van der Waals surface area (Å²) >= 11 is 0. The fraction of sp³-hybridized carbons (Fsp3) is 0.190. The topological polar surface area (TPSA) is 12.9 Å². The van der Waals surface area contributed by atoms with Crippen molar-refractivity contribution in [3.8, 4) is 22.4 Å². The molecule has 2 heteroatoms. The molecule has 1 heterocycles. The number of aromatic nitrogens is 1. The molecule has 23 heavy (non-hydrogen) atoms. The quantitative estimate of drug-likeness (QED) is 0.553. The normalized spacial score (nSPS) is 11.5. The molecule has 0 fully saturated rings. The second-order valence-electron chi connectivity index (χ2n) is 6.49. The maximum absolute atomic E-state index is 4.94. The van der Waals surface area contributed by atoms with E-state index in [2.05, 4.69) is 96.7 Å². The lowest BCUT2D eigenvalue weighted by Crippen LogP contribution is -2.09. The molecule has 1 atom stereocenters. The Morgan fingerprint density at radius 2 is 1.52 bits per heavy atom. The molecule has 2 aromatic carbocycles. The largest absolute Gasteiger partial charge is 0.252 e. The highest BCUT2D eigenvalue weighted by atomic mass is 31.0. The van der Waals surface area contributed by atoms with Crippen molar-refractivity contribution in [2.75, 3.05) is 0 Å². The molecule has 116 valence electrons. The van der Waals surface area contributed by atoms with Crippen LogP contribution in [0.25, 0.3) is 22.4 Å². The summed E-state index contributed by atoms with van der Waals surface area (Å²) in [4.78, 5) is 4.94. The zero-order valence-electron chi connectivity index (χ0n) is 13.9. The smallest absolute Gasteiger partial charge is 0.0714 e. The van der Waals surface area contributed by atoms with Crippen molar-refractivity contribution in [2.45, 2.75) is 25.9 Å². The van der Waals surface area contributed by atoms with Crippen LogP contribution in [0.2, 0.25) is 0 Å². The van der Waals surface area contributed by atoms with Gasteiger partial charge in [-0.25, -0.2) is 0 Å². The summed E-state index contributed by atoms with van der Waals surface area (Å²) in [5.41, 5.74) is 7.05. The van der Waals surface area contributed by atoms with E-state index in [0.717, 1.165) is 11.4 Å². The van der Waals surface area contributed by atoms with Crippen molar-refractivity contribution in [3.63, 3.8) is 0 Å². The van der Waals surface area contributed by atoms with Crippen LogP contribution in [0.15, 0.2) is 66.7 Å². The Balaban J connectivity index is 2.21. The Kier molecular flexibility index (Phi) is 4.33. The highest BCUT2D eigenvalue weighted by Crippen LogP contribution is 2.35. The fourth-order valence-electron chi connectivity index (χ4n) is 2.80. The van der Waals surface area contributed by atoms with Gasteiger partial charge in [0, 0.05) is 10.7 Å². The van der Waals surface area contributed by atoms with Crippen molar-refractivity contribution in [3.05, 3.63) is 78.0 Å². The van der Waals surface area contributed by atoms with Gasteiger partial charge in [0.1, 0.15) is 0 Å². The Labute approximate surface area is 141 Å². The van der Waals surface area contributed by atoms with E-state index in [1.807, 2.05) is 0 Å². The van der Waals surface area contributed by atoms with Crippen molar-refractivity contribution < 1.29 is 0 Å². The lowest BCUT2D eigenvalue weighted by Gasteiger charge is -2.19. The Morgan fingerprint density at radius 1 is 0.826 bits per heavy atom. The van der Waals surface area contributed by atoms with Crippen LogP contribution < -0.4 is 0 Å². The first-order valence-electron chi connectivity index (χ1n) is 7.88. The second kappa shape index (κ2) is 6.26. The van der Waals surface area contributed by atoms with E-state index in [1.54, 1.807) is 0 Å².